The Bertz CT molecular complexity index is 660. The van der Waals surface area contributed by atoms with Crippen LogP contribution in [-0.4, -0.2) is 17.4 Å². The lowest BCUT2D eigenvalue weighted by molar-refractivity contribution is 0.335. The van der Waals surface area contributed by atoms with Crippen molar-refractivity contribution in [2.24, 2.45) is 10.9 Å². The molecule has 0 aromatic rings. The summed E-state index contributed by atoms with van der Waals surface area (Å²) in [7, 11) is 0. The van der Waals surface area contributed by atoms with Gasteiger partial charge < -0.3 is 5.11 Å². The predicted octanol–water partition coefficient (Wildman–Crippen LogP) is 6.32. The van der Waals surface area contributed by atoms with Crippen molar-refractivity contribution in [1.82, 2.24) is 0 Å². The van der Waals surface area contributed by atoms with Crippen LogP contribution in [0.3, 0.4) is 0 Å². The lowest BCUT2D eigenvalue weighted by atomic mass is 10.0. The van der Waals surface area contributed by atoms with Gasteiger partial charge in [-0.25, -0.2) is 8.78 Å². The van der Waals surface area contributed by atoms with Crippen LogP contribution in [0.4, 0.5) is 8.78 Å². The van der Waals surface area contributed by atoms with Gasteiger partial charge in [-0.05, 0) is 30.9 Å². The van der Waals surface area contributed by atoms with E-state index >= 15 is 0 Å². The zero-order valence-corrected chi connectivity index (χ0v) is 15.9. The van der Waals surface area contributed by atoms with Gasteiger partial charge in [-0.3, -0.25) is 4.99 Å². The smallest absolute Gasteiger partial charge is 0.147 e. The molecule has 0 bridgehead atoms. The molecule has 2 nitrogen and oxygen atoms in total. The first-order chi connectivity index (χ1) is 12.4. The molecule has 26 heavy (non-hydrogen) atoms. The van der Waals surface area contributed by atoms with E-state index in [4.69, 9.17) is 0 Å². The molecule has 0 fully saturated rings. The monoisotopic (exact) mass is 361 g/mol. The zero-order chi connectivity index (χ0) is 20.1. The van der Waals surface area contributed by atoms with Gasteiger partial charge in [0.1, 0.15) is 5.83 Å². The average molecular weight is 361 g/mol. The van der Waals surface area contributed by atoms with Gasteiger partial charge in [-0.2, -0.15) is 0 Å². The second-order valence-corrected chi connectivity index (χ2v) is 5.60. The summed E-state index contributed by atoms with van der Waals surface area (Å²) in [5, 5.41) is 9.22. The molecule has 0 spiro atoms. The minimum atomic E-state index is -0.690. The first kappa shape index (κ1) is 23.7. The van der Waals surface area contributed by atoms with Crippen LogP contribution in [-0.2, 0) is 0 Å². The Morgan fingerprint density at radius 1 is 1.35 bits per heavy atom. The minimum absolute atomic E-state index is 0.0350. The molecule has 0 amide bonds. The molecule has 1 atom stereocenters. The first-order valence-corrected chi connectivity index (χ1v) is 8.54. The molecule has 0 heterocycles. The lowest BCUT2D eigenvalue weighted by Gasteiger charge is -2.12. The van der Waals surface area contributed by atoms with E-state index in [2.05, 4.69) is 24.7 Å². The highest BCUT2D eigenvalue weighted by Gasteiger charge is 2.14. The summed E-state index contributed by atoms with van der Waals surface area (Å²) in [6.07, 6.45) is 11.2. The van der Waals surface area contributed by atoms with E-state index in [0.29, 0.717) is 12.8 Å². The molecule has 1 aliphatic carbocycles. The SMILES string of the molecule is C=C.C=CC(C)/C(N=C(CC)C1=CC=C(CO)C=CC1)=C(F)\C=C(/C)F. The number of aliphatic imine (C=N–C) groups is 1. The maximum atomic E-state index is 14.3. The van der Waals surface area contributed by atoms with Gasteiger partial charge in [0, 0.05) is 17.7 Å². The molecule has 1 rings (SSSR count). The van der Waals surface area contributed by atoms with Crippen LogP contribution in [0.2, 0.25) is 0 Å². The molecule has 0 aliphatic heterocycles. The van der Waals surface area contributed by atoms with E-state index in [0.717, 1.165) is 22.9 Å². The normalized spacial score (nSPS) is 17.2. The Balaban J connectivity index is 0.00000301. The molecule has 142 valence electrons. The number of aliphatic hydroxyl groups is 1. The Hall–Kier alpha value is -2.33. The molecule has 0 saturated carbocycles. The van der Waals surface area contributed by atoms with Crippen molar-refractivity contribution in [3.8, 4) is 0 Å². The number of halogens is 2. The van der Waals surface area contributed by atoms with Crippen LogP contribution >= 0.6 is 0 Å². The molecule has 0 radical (unpaired) electrons. The van der Waals surface area contributed by atoms with Gasteiger partial charge in [0.05, 0.1) is 18.1 Å². The minimum Gasteiger partial charge on any atom is -0.392 e. The van der Waals surface area contributed by atoms with E-state index in [1.165, 1.54) is 6.92 Å². The van der Waals surface area contributed by atoms with Crippen molar-refractivity contribution in [3.63, 3.8) is 0 Å². The van der Waals surface area contributed by atoms with Crippen LogP contribution in [0.1, 0.15) is 33.6 Å². The van der Waals surface area contributed by atoms with Crippen molar-refractivity contribution in [2.45, 2.75) is 33.6 Å². The quantitative estimate of drug-likeness (QED) is 0.321. The molecule has 0 saturated heterocycles. The third-order valence-electron chi connectivity index (χ3n) is 3.67. The molecular formula is C22H29F2NO. The number of allylic oxidation sites excluding steroid dienone is 8. The summed E-state index contributed by atoms with van der Waals surface area (Å²) in [6, 6.07) is 0. The van der Waals surface area contributed by atoms with Crippen molar-refractivity contribution in [1.29, 1.82) is 0 Å². The second-order valence-electron chi connectivity index (χ2n) is 5.60. The average Bonchev–Trinajstić information content (AvgIpc) is 2.88. The topological polar surface area (TPSA) is 32.6 Å². The Kier molecular flexibility index (Phi) is 11.8. The Morgan fingerprint density at radius 2 is 2.00 bits per heavy atom. The van der Waals surface area contributed by atoms with Crippen molar-refractivity contribution < 1.29 is 13.9 Å². The number of nitrogens with zero attached hydrogens (tertiary/aromatic N) is 1. The van der Waals surface area contributed by atoms with Crippen LogP contribution in [0.15, 0.2) is 89.7 Å². The number of hydrogen-bond acceptors (Lipinski definition) is 2. The standard InChI is InChI=1S/C20H25F2NO.C2H4/c1-5-14(3)20(18(22)12-15(4)21)23-19(6-2)17-9-7-8-16(13-24)10-11-17;1-2/h5,7-8,10-12,14,24H,1,6,9,13H2,2-4H3;1-2H2/b15-12+,20-18-,23-19?;. The van der Waals surface area contributed by atoms with Gasteiger partial charge in [-0.1, -0.05) is 44.2 Å². The molecule has 1 N–H and O–H groups in total. The summed E-state index contributed by atoms with van der Waals surface area (Å²) in [4.78, 5) is 4.48. The largest absolute Gasteiger partial charge is 0.392 e. The van der Waals surface area contributed by atoms with E-state index < -0.39 is 11.7 Å². The fourth-order valence-corrected chi connectivity index (χ4v) is 2.24. The van der Waals surface area contributed by atoms with Gasteiger partial charge >= 0.3 is 0 Å². The molecular weight excluding hydrogens is 332 g/mol. The maximum Gasteiger partial charge on any atom is 0.147 e. The van der Waals surface area contributed by atoms with Gasteiger partial charge in [0.2, 0.25) is 0 Å². The number of aliphatic hydroxyl groups excluding tert-OH is 1. The fourth-order valence-electron chi connectivity index (χ4n) is 2.24. The van der Waals surface area contributed by atoms with Crippen molar-refractivity contribution >= 4 is 5.71 Å². The molecule has 1 unspecified atom stereocenters. The Morgan fingerprint density at radius 3 is 2.50 bits per heavy atom. The fraction of sp³-hybridized carbons (Fsp3) is 0.318. The van der Waals surface area contributed by atoms with Gasteiger partial charge in [-0.15, -0.1) is 19.7 Å². The molecule has 1 aliphatic rings. The van der Waals surface area contributed by atoms with E-state index in [1.54, 1.807) is 13.0 Å². The third kappa shape index (κ3) is 7.70. The maximum absolute atomic E-state index is 14.3. The first-order valence-electron chi connectivity index (χ1n) is 8.54. The molecule has 0 aromatic carbocycles. The summed E-state index contributed by atoms with van der Waals surface area (Å²) in [6.45, 7) is 14.5. The summed E-state index contributed by atoms with van der Waals surface area (Å²) >= 11 is 0. The van der Waals surface area contributed by atoms with Crippen molar-refractivity contribution in [3.05, 3.63) is 84.7 Å². The summed E-state index contributed by atoms with van der Waals surface area (Å²) in [5.41, 5.74) is 2.65. The van der Waals surface area contributed by atoms with Gasteiger partial charge in [0.15, 0.2) is 0 Å². The highest BCUT2D eigenvalue weighted by Crippen LogP contribution is 2.24. The third-order valence-corrected chi connectivity index (χ3v) is 3.67. The highest BCUT2D eigenvalue weighted by molar-refractivity contribution is 6.01. The second kappa shape index (κ2) is 13.0. The lowest BCUT2D eigenvalue weighted by Crippen LogP contribution is -2.05. The highest BCUT2D eigenvalue weighted by atomic mass is 19.1. The Labute approximate surface area is 156 Å². The summed E-state index contributed by atoms with van der Waals surface area (Å²) < 4.78 is 27.4. The number of rotatable bonds is 7. The van der Waals surface area contributed by atoms with Crippen molar-refractivity contribution in [2.75, 3.05) is 6.61 Å². The van der Waals surface area contributed by atoms with Crippen LogP contribution in [0.25, 0.3) is 0 Å². The summed E-state index contributed by atoms with van der Waals surface area (Å²) in [5.74, 6) is -1.64. The van der Waals surface area contributed by atoms with E-state index in [-0.39, 0.29) is 18.2 Å². The van der Waals surface area contributed by atoms with Gasteiger partial charge in [0.25, 0.3) is 0 Å². The number of hydrogen-bond donors (Lipinski definition) is 1. The van der Waals surface area contributed by atoms with Crippen LogP contribution < -0.4 is 0 Å². The van der Waals surface area contributed by atoms with E-state index in [9.17, 15) is 13.9 Å². The zero-order valence-electron chi connectivity index (χ0n) is 15.9. The van der Waals surface area contributed by atoms with Crippen LogP contribution in [0.5, 0.6) is 0 Å². The van der Waals surface area contributed by atoms with E-state index in [1.807, 2.05) is 31.2 Å². The molecule has 0 aromatic heterocycles. The predicted molar refractivity (Wildman–Crippen MR) is 108 cm³/mol. The molecule has 4 heteroatoms. The van der Waals surface area contributed by atoms with Crippen LogP contribution in [0, 0.1) is 5.92 Å².